The molecule has 0 fully saturated rings. The number of hydrogen-bond acceptors (Lipinski definition) is 6. The molecule has 0 bridgehead atoms. The molecule has 0 saturated heterocycles. The minimum atomic E-state index is -1.29. The van der Waals surface area contributed by atoms with Crippen LogP contribution in [-0.2, 0) is 22.7 Å². The van der Waals surface area contributed by atoms with Crippen LogP contribution < -0.4 is 29.3 Å². The van der Waals surface area contributed by atoms with Crippen molar-refractivity contribution in [2.75, 3.05) is 12.0 Å². The molecular formula is C31H30LiNO5S. The van der Waals surface area contributed by atoms with Crippen molar-refractivity contribution in [1.29, 1.82) is 0 Å². The average Bonchev–Trinajstić information content (AvgIpc) is 3.40. The summed E-state index contributed by atoms with van der Waals surface area (Å²) in [6.45, 7) is 2.60. The zero-order valence-electron chi connectivity index (χ0n) is 22.4. The largest absolute Gasteiger partial charge is 1.00 e. The molecular weight excluding hydrogens is 505 g/mol. The van der Waals surface area contributed by atoms with E-state index in [1.807, 2.05) is 92.0 Å². The maximum atomic E-state index is 13.2. The van der Waals surface area contributed by atoms with Gasteiger partial charge in [0.1, 0.15) is 18.1 Å². The van der Waals surface area contributed by atoms with Crippen LogP contribution in [0.2, 0.25) is 0 Å². The second-order valence-electron chi connectivity index (χ2n) is 8.95. The number of nitrogens with one attached hydrogen (secondary N) is 1. The zero-order chi connectivity index (χ0) is 26.9. The smallest absolute Gasteiger partial charge is 0.548 e. The van der Waals surface area contributed by atoms with Gasteiger partial charge < -0.3 is 24.4 Å². The number of ether oxygens (including phenoxy) is 1. The zero-order valence-corrected chi connectivity index (χ0v) is 23.3. The van der Waals surface area contributed by atoms with Crippen LogP contribution in [0.1, 0.15) is 33.7 Å². The van der Waals surface area contributed by atoms with E-state index in [-0.39, 0.29) is 18.9 Å². The Morgan fingerprint density at radius 2 is 1.69 bits per heavy atom. The fourth-order valence-corrected chi connectivity index (χ4v) is 4.65. The van der Waals surface area contributed by atoms with Crippen LogP contribution >= 0.6 is 11.8 Å². The number of thioether (sulfide) groups is 1. The van der Waals surface area contributed by atoms with Gasteiger partial charge in [-0.25, -0.2) is 0 Å². The van der Waals surface area contributed by atoms with E-state index in [9.17, 15) is 14.7 Å². The fourth-order valence-electron chi connectivity index (χ4n) is 4.18. The molecule has 1 atom stereocenters. The summed E-state index contributed by atoms with van der Waals surface area (Å²) < 4.78 is 11.9. The van der Waals surface area contributed by atoms with Gasteiger partial charge in [0.15, 0.2) is 0 Å². The third-order valence-electron chi connectivity index (χ3n) is 6.20. The fraction of sp³-hybridized carbons (Fsp3) is 0.226. The van der Waals surface area contributed by atoms with Crippen molar-refractivity contribution >= 4 is 23.6 Å². The molecule has 1 aromatic heterocycles. The number of aryl methyl sites for hydroxylation is 1. The van der Waals surface area contributed by atoms with Gasteiger partial charge in [-0.3, -0.25) is 4.79 Å². The van der Waals surface area contributed by atoms with Crippen molar-refractivity contribution in [3.05, 3.63) is 107 Å². The molecule has 196 valence electrons. The number of rotatable bonds is 12. The first-order valence-corrected chi connectivity index (χ1v) is 13.8. The first-order valence-electron chi connectivity index (χ1n) is 12.4. The maximum absolute atomic E-state index is 13.2. The summed E-state index contributed by atoms with van der Waals surface area (Å²) in [7, 11) is 0. The molecule has 4 aromatic rings. The van der Waals surface area contributed by atoms with Crippen LogP contribution in [0.25, 0.3) is 22.5 Å². The van der Waals surface area contributed by atoms with Gasteiger partial charge in [0.05, 0.1) is 18.6 Å². The first kappa shape index (κ1) is 30.3. The summed E-state index contributed by atoms with van der Waals surface area (Å²) in [6.07, 6.45) is 2.18. The third kappa shape index (κ3) is 8.14. The van der Waals surface area contributed by atoms with E-state index in [4.69, 9.17) is 9.15 Å². The van der Waals surface area contributed by atoms with E-state index in [0.29, 0.717) is 36.5 Å². The Labute approximate surface area is 245 Å². The van der Waals surface area contributed by atoms with E-state index in [1.165, 1.54) is 11.8 Å². The van der Waals surface area contributed by atoms with Crippen LogP contribution in [0.3, 0.4) is 0 Å². The predicted octanol–water partition coefficient (Wildman–Crippen LogP) is 2.24. The summed E-state index contributed by atoms with van der Waals surface area (Å²) in [4.78, 5) is 24.8. The molecule has 0 saturated carbocycles. The number of hydrogen-bond donors (Lipinski definition) is 1. The average molecular weight is 536 g/mol. The van der Waals surface area contributed by atoms with E-state index >= 15 is 0 Å². The van der Waals surface area contributed by atoms with Gasteiger partial charge in [-0.2, -0.15) is 11.8 Å². The van der Waals surface area contributed by atoms with Gasteiger partial charge in [-0.1, -0.05) is 60.7 Å². The predicted molar refractivity (Wildman–Crippen MR) is 149 cm³/mol. The molecule has 8 heteroatoms. The quantitative estimate of drug-likeness (QED) is 0.280. The number of amides is 1. The van der Waals surface area contributed by atoms with Crippen molar-refractivity contribution < 1.29 is 42.7 Å². The van der Waals surface area contributed by atoms with Gasteiger partial charge in [0, 0.05) is 11.1 Å². The molecule has 0 aliphatic rings. The summed E-state index contributed by atoms with van der Waals surface area (Å²) >= 11 is 1.52. The molecule has 0 radical (unpaired) electrons. The normalized spacial score (nSPS) is 11.4. The van der Waals surface area contributed by atoms with E-state index < -0.39 is 17.9 Å². The van der Waals surface area contributed by atoms with Crippen molar-refractivity contribution in [3.63, 3.8) is 0 Å². The van der Waals surface area contributed by atoms with Crippen LogP contribution in [-0.4, -0.2) is 29.9 Å². The topological polar surface area (TPSA) is 91.6 Å². The van der Waals surface area contributed by atoms with Crippen molar-refractivity contribution in [2.24, 2.45) is 0 Å². The summed E-state index contributed by atoms with van der Waals surface area (Å²) in [5.74, 6) is 0.368. The maximum Gasteiger partial charge on any atom is 1.00 e. The second kappa shape index (κ2) is 14.8. The number of carbonyl (C=O) groups is 2. The van der Waals surface area contributed by atoms with Gasteiger partial charge in [0.2, 0.25) is 0 Å². The van der Waals surface area contributed by atoms with Crippen molar-refractivity contribution in [2.45, 2.75) is 32.6 Å². The molecule has 1 heterocycles. The molecule has 0 spiro atoms. The van der Waals surface area contributed by atoms with E-state index in [0.717, 1.165) is 33.8 Å². The molecule has 6 nitrogen and oxygen atoms in total. The van der Waals surface area contributed by atoms with Crippen molar-refractivity contribution in [3.8, 4) is 22.5 Å². The third-order valence-corrected chi connectivity index (χ3v) is 6.84. The summed E-state index contributed by atoms with van der Waals surface area (Å²) in [6, 6.07) is 25.9. The molecule has 0 aliphatic heterocycles. The Hall–Kier alpha value is -3.21. The monoisotopic (exact) mass is 535 g/mol. The second-order valence-corrected chi connectivity index (χ2v) is 9.93. The van der Waals surface area contributed by atoms with Crippen LogP contribution in [0.15, 0.2) is 89.3 Å². The number of aliphatic carboxylic acids is 1. The number of benzene rings is 3. The Kier molecular flexibility index (Phi) is 11.5. The van der Waals surface area contributed by atoms with Gasteiger partial charge >= 0.3 is 18.9 Å². The minimum absolute atomic E-state index is 0. The molecule has 1 N–H and O–H groups in total. The molecule has 39 heavy (non-hydrogen) atoms. The number of carboxylic acids is 1. The van der Waals surface area contributed by atoms with Crippen LogP contribution in [0, 0.1) is 6.92 Å². The van der Waals surface area contributed by atoms with Crippen molar-refractivity contribution in [1.82, 2.24) is 5.32 Å². The van der Waals surface area contributed by atoms with Crippen LogP contribution in [0.5, 0.6) is 0 Å². The Morgan fingerprint density at radius 3 is 2.41 bits per heavy atom. The number of furan rings is 1. The molecule has 3 aromatic carbocycles. The summed E-state index contributed by atoms with van der Waals surface area (Å²) in [5, 5.41) is 14.2. The Morgan fingerprint density at radius 1 is 0.949 bits per heavy atom. The number of carbonyl (C=O) groups excluding carboxylic acids is 2. The SMILES string of the molecule is CSCC[C@H](NC(=O)c1ccc(COCc2ccc(-c3ccccc3)o2)cc1-c1ccccc1C)C(=O)[O-].[Li+]. The van der Waals surface area contributed by atoms with Gasteiger partial charge in [-0.05, 0) is 71.9 Å². The van der Waals surface area contributed by atoms with Gasteiger partial charge in [0.25, 0.3) is 5.91 Å². The number of carboxylic acid groups (broad SMARTS) is 1. The Bertz CT molecular complexity index is 1390. The first-order chi connectivity index (χ1) is 18.5. The summed E-state index contributed by atoms with van der Waals surface area (Å²) in [5.41, 5.74) is 4.90. The standard InChI is InChI=1S/C31H31NO5S.Li/c1-21-8-6-7-11-25(21)27-18-22(12-14-26(27)30(33)32-28(31(34)35)16-17-38-2)19-36-20-24-13-15-29(37-24)23-9-4-3-5-10-23;/h3-15,18,28H,16-17,19-20H2,1-2H3,(H,32,33)(H,34,35);/q;+1/p-1/t28-;/m0./s1. The molecule has 1 amide bonds. The molecule has 4 rings (SSSR count). The van der Waals surface area contributed by atoms with Gasteiger partial charge in [-0.15, -0.1) is 0 Å². The Balaban J connectivity index is 0.00000420. The van der Waals surface area contributed by atoms with Crippen LogP contribution in [0.4, 0.5) is 0 Å². The van der Waals surface area contributed by atoms with E-state index in [1.54, 1.807) is 6.07 Å². The minimum Gasteiger partial charge on any atom is -0.548 e. The molecule has 0 aliphatic carbocycles. The van der Waals surface area contributed by atoms with E-state index in [2.05, 4.69) is 5.32 Å². The molecule has 0 unspecified atom stereocenters.